The molecule has 1 saturated heterocycles. The molecule has 0 bridgehead atoms. The molecule has 1 aliphatic heterocycles. The zero-order valence-corrected chi connectivity index (χ0v) is 16.7. The van der Waals surface area contributed by atoms with Crippen LogP contribution in [0.3, 0.4) is 0 Å². The van der Waals surface area contributed by atoms with Gasteiger partial charge in [0.25, 0.3) is 17.4 Å². The van der Waals surface area contributed by atoms with Crippen molar-refractivity contribution in [2.24, 2.45) is 0 Å². The van der Waals surface area contributed by atoms with Crippen molar-refractivity contribution in [2.75, 3.05) is 4.90 Å². The largest absolute Gasteiger partial charge is 0.507 e. The van der Waals surface area contributed by atoms with Gasteiger partial charge in [0, 0.05) is 28.4 Å². The number of nitro benzene ring substituents is 1. The first-order chi connectivity index (χ1) is 14.9. The van der Waals surface area contributed by atoms with Gasteiger partial charge in [-0.2, -0.15) is 0 Å². The number of Topliss-reactive ketones (excluding diaryl/α,β-unsaturated/α-hetero) is 1. The minimum absolute atomic E-state index is 0.106. The lowest BCUT2D eigenvalue weighted by atomic mass is 9.95. The van der Waals surface area contributed by atoms with Gasteiger partial charge in [0.1, 0.15) is 5.76 Å². The van der Waals surface area contributed by atoms with Crippen LogP contribution in [0, 0.1) is 10.1 Å². The Morgan fingerprint density at radius 2 is 1.55 bits per heavy atom. The van der Waals surface area contributed by atoms with Crippen LogP contribution >= 0.6 is 11.6 Å². The molecule has 4 rings (SSSR count). The summed E-state index contributed by atoms with van der Waals surface area (Å²) in [7, 11) is 0. The Morgan fingerprint density at radius 1 is 0.935 bits per heavy atom. The second kappa shape index (κ2) is 8.04. The van der Waals surface area contributed by atoms with Gasteiger partial charge in [-0.1, -0.05) is 41.9 Å². The molecule has 1 aliphatic rings. The van der Waals surface area contributed by atoms with Gasteiger partial charge in [-0.3, -0.25) is 24.6 Å². The minimum atomic E-state index is -0.894. The molecule has 1 heterocycles. The molecule has 1 atom stereocenters. The summed E-state index contributed by atoms with van der Waals surface area (Å²) in [4.78, 5) is 37.6. The van der Waals surface area contributed by atoms with Crippen LogP contribution in [0.15, 0.2) is 84.4 Å². The van der Waals surface area contributed by atoms with E-state index in [-0.39, 0.29) is 16.8 Å². The highest BCUT2D eigenvalue weighted by molar-refractivity contribution is 6.51. The highest BCUT2D eigenvalue weighted by Gasteiger charge is 2.46. The third kappa shape index (κ3) is 3.67. The van der Waals surface area contributed by atoms with Gasteiger partial charge >= 0.3 is 0 Å². The first kappa shape index (κ1) is 20.3. The smallest absolute Gasteiger partial charge is 0.300 e. The molecule has 0 spiro atoms. The maximum Gasteiger partial charge on any atom is 0.300 e. The number of anilines is 1. The molecule has 0 aliphatic carbocycles. The third-order valence-electron chi connectivity index (χ3n) is 5.02. The van der Waals surface area contributed by atoms with Crippen molar-refractivity contribution in [3.8, 4) is 0 Å². The van der Waals surface area contributed by atoms with Crippen molar-refractivity contribution in [3.63, 3.8) is 0 Å². The summed E-state index contributed by atoms with van der Waals surface area (Å²) < 4.78 is 0. The number of aliphatic hydroxyl groups excluding tert-OH is 1. The average molecular weight is 435 g/mol. The first-order valence-electron chi connectivity index (χ1n) is 9.25. The van der Waals surface area contributed by atoms with Crippen LogP contribution in [0.2, 0.25) is 5.02 Å². The first-order valence-corrected chi connectivity index (χ1v) is 9.62. The fraction of sp³-hybridized carbons (Fsp3) is 0.0435. The van der Waals surface area contributed by atoms with Gasteiger partial charge in [0.15, 0.2) is 0 Å². The number of rotatable bonds is 4. The van der Waals surface area contributed by atoms with E-state index in [1.807, 2.05) is 0 Å². The second-order valence-corrected chi connectivity index (χ2v) is 7.30. The standard InChI is InChI=1S/C23H15ClN2O5/c24-16-10-6-14(7-11-16)20-19(21(27)15-8-12-18(13-9-15)26(30)31)22(28)23(29)25(20)17-4-2-1-3-5-17/h1-13,20,27H/b21-19+/t20-/m0/s1. The summed E-state index contributed by atoms with van der Waals surface area (Å²) in [5, 5.41) is 22.4. The van der Waals surface area contributed by atoms with Crippen LogP contribution in [0.4, 0.5) is 11.4 Å². The number of hydrogen-bond acceptors (Lipinski definition) is 5. The number of benzene rings is 3. The lowest BCUT2D eigenvalue weighted by molar-refractivity contribution is -0.384. The van der Waals surface area contributed by atoms with Crippen molar-refractivity contribution >= 4 is 40.4 Å². The Kier molecular flexibility index (Phi) is 5.27. The molecule has 3 aromatic carbocycles. The molecule has 1 N–H and O–H groups in total. The summed E-state index contributed by atoms with van der Waals surface area (Å²) in [5.74, 6) is -2.04. The molecule has 31 heavy (non-hydrogen) atoms. The molecule has 3 aromatic rings. The molecule has 0 saturated carbocycles. The Labute approximate surface area is 182 Å². The zero-order valence-electron chi connectivity index (χ0n) is 15.9. The summed E-state index contributed by atoms with van der Waals surface area (Å²) >= 11 is 6.00. The number of hydrogen-bond donors (Lipinski definition) is 1. The number of non-ortho nitro benzene ring substituents is 1. The van der Waals surface area contributed by atoms with E-state index in [0.717, 1.165) is 0 Å². The zero-order chi connectivity index (χ0) is 22.1. The maximum atomic E-state index is 13.0. The van der Waals surface area contributed by atoms with E-state index in [1.165, 1.54) is 29.2 Å². The van der Waals surface area contributed by atoms with Gasteiger partial charge in [0.2, 0.25) is 0 Å². The van der Waals surface area contributed by atoms with Gasteiger partial charge in [0.05, 0.1) is 16.5 Å². The predicted molar refractivity (Wildman–Crippen MR) is 116 cm³/mol. The van der Waals surface area contributed by atoms with Gasteiger partial charge < -0.3 is 5.11 Å². The van der Waals surface area contributed by atoms with E-state index in [4.69, 9.17) is 11.6 Å². The Bertz CT molecular complexity index is 1200. The van der Waals surface area contributed by atoms with Gasteiger partial charge in [-0.25, -0.2) is 0 Å². The Balaban J connectivity index is 1.91. The van der Waals surface area contributed by atoms with Crippen LogP contribution in [0.5, 0.6) is 0 Å². The quantitative estimate of drug-likeness (QED) is 0.207. The average Bonchev–Trinajstić information content (AvgIpc) is 3.05. The number of carbonyl (C=O) groups is 2. The summed E-state index contributed by atoms with van der Waals surface area (Å²) in [5.41, 5.74) is 0.999. The van der Waals surface area contributed by atoms with Crippen molar-refractivity contribution in [1.29, 1.82) is 0 Å². The van der Waals surface area contributed by atoms with E-state index in [0.29, 0.717) is 16.3 Å². The van der Waals surface area contributed by atoms with E-state index < -0.39 is 28.4 Å². The van der Waals surface area contributed by atoms with Gasteiger partial charge in [-0.15, -0.1) is 0 Å². The fourth-order valence-corrected chi connectivity index (χ4v) is 3.67. The fourth-order valence-electron chi connectivity index (χ4n) is 3.54. The van der Waals surface area contributed by atoms with Crippen LogP contribution in [0.25, 0.3) is 5.76 Å². The van der Waals surface area contributed by atoms with Crippen LogP contribution in [-0.2, 0) is 9.59 Å². The van der Waals surface area contributed by atoms with Crippen LogP contribution in [-0.4, -0.2) is 21.7 Å². The molecule has 8 heteroatoms. The molecule has 1 fully saturated rings. The minimum Gasteiger partial charge on any atom is -0.507 e. The summed E-state index contributed by atoms with van der Waals surface area (Å²) in [6.07, 6.45) is 0. The number of para-hydroxylation sites is 1. The molecule has 0 aromatic heterocycles. The van der Waals surface area contributed by atoms with Crippen LogP contribution < -0.4 is 4.90 Å². The number of aliphatic hydroxyl groups is 1. The monoisotopic (exact) mass is 434 g/mol. The lowest BCUT2D eigenvalue weighted by Crippen LogP contribution is -2.29. The number of nitro groups is 1. The van der Waals surface area contributed by atoms with E-state index in [2.05, 4.69) is 0 Å². The van der Waals surface area contributed by atoms with Gasteiger partial charge in [-0.05, 0) is 42.0 Å². The predicted octanol–water partition coefficient (Wildman–Crippen LogP) is 4.87. The summed E-state index contributed by atoms with van der Waals surface area (Å²) in [6, 6.07) is 19.5. The Morgan fingerprint density at radius 3 is 2.13 bits per heavy atom. The Hall–Kier alpha value is -3.97. The molecule has 0 radical (unpaired) electrons. The SMILES string of the molecule is O=C1C(=O)N(c2ccccc2)[C@@H](c2ccc(Cl)cc2)/C1=C(\O)c1ccc([N+](=O)[O-])cc1. The normalized spacial score (nSPS) is 17.7. The van der Waals surface area contributed by atoms with E-state index >= 15 is 0 Å². The number of ketones is 1. The van der Waals surface area contributed by atoms with Crippen molar-refractivity contribution in [3.05, 3.63) is 111 Å². The molecule has 7 nitrogen and oxygen atoms in total. The van der Waals surface area contributed by atoms with E-state index in [9.17, 15) is 24.8 Å². The third-order valence-corrected chi connectivity index (χ3v) is 5.27. The molecule has 154 valence electrons. The van der Waals surface area contributed by atoms with Crippen LogP contribution in [0.1, 0.15) is 17.2 Å². The molecule has 0 unspecified atom stereocenters. The highest BCUT2D eigenvalue weighted by Crippen LogP contribution is 2.42. The number of carbonyl (C=O) groups excluding carboxylic acids is 2. The highest BCUT2D eigenvalue weighted by atomic mass is 35.5. The van der Waals surface area contributed by atoms with Crippen molar-refractivity contribution in [1.82, 2.24) is 0 Å². The van der Waals surface area contributed by atoms with E-state index in [1.54, 1.807) is 54.6 Å². The summed E-state index contributed by atoms with van der Waals surface area (Å²) in [6.45, 7) is 0. The molecular formula is C23H15ClN2O5. The maximum absolute atomic E-state index is 13.0. The van der Waals surface area contributed by atoms with Crippen molar-refractivity contribution < 1.29 is 19.6 Å². The number of nitrogens with zero attached hydrogens (tertiary/aromatic N) is 2. The molecule has 1 amide bonds. The molecular weight excluding hydrogens is 420 g/mol. The number of halogens is 1. The van der Waals surface area contributed by atoms with Crippen molar-refractivity contribution in [2.45, 2.75) is 6.04 Å². The lowest BCUT2D eigenvalue weighted by Gasteiger charge is -2.25. The topological polar surface area (TPSA) is 101 Å². The number of amides is 1. The second-order valence-electron chi connectivity index (χ2n) is 6.86.